The van der Waals surface area contributed by atoms with Crippen LogP contribution in [0.15, 0.2) is 0 Å². The van der Waals surface area contributed by atoms with E-state index in [1.807, 2.05) is 13.2 Å². The molecule has 0 unspecified atom stereocenters. The molecule has 1 atom stereocenters. The highest BCUT2D eigenvalue weighted by Gasteiger charge is 2.11. The Bertz CT molecular complexity index is 104. The Balaban J connectivity index is 3.41. The largest absolute Gasteiger partial charge is 0.469 e. The highest BCUT2D eigenvalue weighted by molar-refractivity contribution is 7.98. The zero-order chi connectivity index (χ0) is 7.98. The topological polar surface area (TPSA) is 26.3 Å². The van der Waals surface area contributed by atoms with Crippen molar-refractivity contribution in [2.24, 2.45) is 5.92 Å². The molecule has 0 heterocycles. The fourth-order valence-electron chi connectivity index (χ4n) is 0.614. The van der Waals surface area contributed by atoms with Crippen LogP contribution < -0.4 is 0 Å². The molecule has 0 fully saturated rings. The van der Waals surface area contributed by atoms with E-state index in [1.54, 1.807) is 11.8 Å². The normalized spacial score (nSPS) is 12.7. The van der Waals surface area contributed by atoms with Crippen molar-refractivity contribution in [1.29, 1.82) is 0 Å². The minimum absolute atomic E-state index is 0.0532. The summed E-state index contributed by atoms with van der Waals surface area (Å²) in [5, 5.41) is 0. The molecule has 0 aliphatic heterocycles. The number of ether oxygens (including phenoxy) is 1. The van der Waals surface area contributed by atoms with E-state index in [0.717, 1.165) is 12.2 Å². The first-order valence-electron chi connectivity index (χ1n) is 3.29. The van der Waals surface area contributed by atoms with E-state index < -0.39 is 0 Å². The molecule has 0 saturated carbocycles. The minimum Gasteiger partial charge on any atom is -0.469 e. The van der Waals surface area contributed by atoms with Gasteiger partial charge < -0.3 is 4.74 Å². The summed E-state index contributed by atoms with van der Waals surface area (Å²) in [6, 6.07) is 0. The molecule has 0 aromatic carbocycles. The zero-order valence-corrected chi connectivity index (χ0v) is 7.53. The van der Waals surface area contributed by atoms with Crippen LogP contribution in [0.1, 0.15) is 13.3 Å². The van der Waals surface area contributed by atoms with Gasteiger partial charge in [-0.15, -0.1) is 0 Å². The Hall–Kier alpha value is -0.180. The van der Waals surface area contributed by atoms with Crippen molar-refractivity contribution in [1.82, 2.24) is 0 Å². The van der Waals surface area contributed by atoms with Gasteiger partial charge >= 0.3 is 5.97 Å². The lowest BCUT2D eigenvalue weighted by Crippen LogP contribution is -2.13. The molecular weight excluding hydrogens is 148 g/mol. The molecule has 0 saturated heterocycles. The van der Waals surface area contributed by atoms with Crippen LogP contribution in [-0.2, 0) is 9.53 Å². The smallest absolute Gasteiger partial charge is 0.308 e. The zero-order valence-electron chi connectivity index (χ0n) is 6.72. The van der Waals surface area contributed by atoms with Crippen LogP contribution in [0.5, 0.6) is 0 Å². The van der Waals surface area contributed by atoms with E-state index in [1.165, 1.54) is 7.11 Å². The summed E-state index contributed by atoms with van der Waals surface area (Å²) >= 11 is 1.75. The van der Waals surface area contributed by atoms with Gasteiger partial charge in [-0.1, -0.05) is 6.92 Å². The monoisotopic (exact) mass is 162 g/mol. The van der Waals surface area contributed by atoms with Crippen LogP contribution >= 0.6 is 11.8 Å². The summed E-state index contributed by atoms with van der Waals surface area (Å²) in [6.07, 6.45) is 2.94. The Morgan fingerprint density at radius 3 is 2.70 bits per heavy atom. The van der Waals surface area contributed by atoms with Gasteiger partial charge in [0.25, 0.3) is 0 Å². The molecule has 0 aliphatic rings. The molecule has 10 heavy (non-hydrogen) atoms. The lowest BCUT2D eigenvalue weighted by molar-refractivity contribution is -0.144. The summed E-state index contributed by atoms with van der Waals surface area (Å²) in [7, 11) is 1.43. The standard InChI is InChI=1S/C7H14O2S/c1-6(4-5-10-3)7(8)9-2/h6H,4-5H2,1-3H3/t6-/m0/s1. The SMILES string of the molecule is COC(=O)[C@@H](C)CCSC. The molecule has 60 valence electrons. The Morgan fingerprint density at radius 1 is 1.70 bits per heavy atom. The van der Waals surface area contributed by atoms with Crippen molar-refractivity contribution < 1.29 is 9.53 Å². The third-order valence-electron chi connectivity index (χ3n) is 1.36. The molecule has 2 nitrogen and oxygen atoms in total. The van der Waals surface area contributed by atoms with Crippen molar-refractivity contribution in [3.8, 4) is 0 Å². The van der Waals surface area contributed by atoms with Crippen LogP contribution in [0.3, 0.4) is 0 Å². The van der Waals surface area contributed by atoms with E-state index in [2.05, 4.69) is 4.74 Å². The lowest BCUT2D eigenvalue weighted by Gasteiger charge is -2.06. The summed E-state index contributed by atoms with van der Waals surface area (Å²) in [6.45, 7) is 1.89. The average molecular weight is 162 g/mol. The van der Waals surface area contributed by atoms with Gasteiger partial charge in [-0.05, 0) is 18.4 Å². The lowest BCUT2D eigenvalue weighted by atomic mass is 10.1. The summed E-state index contributed by atoms with van der Waals surface area (Å²) in [5.41, 5.74) is 0. The van der Waals surface area contributed by atoms with Crippen LogP contribution in [0.4, 0.5) is 0 Å². The summed E-state index contributed by atoms with van der Waals surface area (Å²) in [5.74, 6) is 0.975. The van der Waals surface area contributed by atoms with Crippen LogP contribution in [0, 0.1) is 5.92 Å². The van der Waals surface area contributed by atoms with Gasteiger partial charge in [-0.25, -0.2) is 0 Å². The second-order valence-corrected chi connectivity index (χ2v) is 3.19. The van der Waals surface area contributed by atoms with Gasteiger partial charge in [0.15, 0.2) is 0 Å². The molecule has 0 radical (unpaired) electrons. The van der Waals surface area contributed by atoms with E-state index >= 15 is 0 Å². The molecule has 0 amide bonds. The van der Waals surface area contributed by atoms with Crippen molar-refractivity contribution in [2.75, 3.05) is 19.1 Å². The maximum atomic E-state index is 10.8. The van der Waals surface area contributed by atoms with Gasteiger partial charge in [-0.2, -0.15) is 11.8 Å². The highest BCUT2D eigenvalue weighted by atomic mass is 32.2. The Morgan fingerprint density at radius 2 is 2.30 bits per heavy atom. The molecule has 0 N–H and O–H groups in total. The number of hydrogen-bond donors (Lipinski definition) is 0. The van der Waals surface area contributed by atoms with E-state index in [-0.39, 0.29) is 11.9 Å². The number of rotatable bonds is 4. The summed E-state index contributed by atoms with van der Waals surface area (Å²) < 4.78 is 4.56. The number of carbonyl (C=O) groups is 1. The van der Waals surface area contributed by atoms with Crippen molar-refractivity contribution in [3.05, 3.63) is 0 Å². The number of methoxy groups -OCH3 is 1. The van der Waals surface area contributed by atoms with Gasteiger partial charge in [0, 0.05) is 0 Å². The maximum Gasteiger partial charge on any atom is 0.308 e. The van der Waals surface area contributed by atoms with Crippen molar-refractivity contribution >= 4 is 17.7 Å². The summed E-state index contributed by atoms with van der Waals surface area (Å²) in [4.78, 5) is 10.8. The average Bonchev–Trinajstić information content (AvgIpc) is 1.98. The molecule has 0 aromatic heterocycles. The van der Waals surface area contributed by atoms with Crippen molar-refractivity contribution in [3.63, 3.8) is 0 Å². The number of hydrogen-bond acceptors (Lipinski definition) is 3. The molecule has 0 aliphatic carbocycles. The molecular formula is C7H14O2S. The van der Waals surface area contributed by atoms with Gasteiger partial charge in [0.1, 0.15) is 0 Å². The third kappa shape index (κ3) is 3.77. The van der Waals surface area contributed by atoms with E-state index in [4.69, 9.17) is 0 Å². The first kappa shape index (κ1) is 9.82. The first-order valence-corrected chi connectivity index (χ1v) is 4.68. The van der Waals surface area contributed by atoms with Gasteiger partial charge in [-0.3, -0.25) is 4.79 Å². The van der Waals surface area contributed by atoms with Crippen LogP contribution in [-0.4, -0.2) is 25.1 Å². The molecule has 0 spiro atoms. The maximum absolute atomic E-state index is 10.8. The predicted octanol–water partition coefficient (Wildman–Crippen LogP) is 1.55. The minimum atomic E-state index is -0.103. The van der Waals surface area contributed by atoms with Crippen LogP contribution in [0.2, 0.25) is 0 Å². The van der Waals surface area contributed by atoms with Crippen molar-refractivity contribution in [2.45, 2.75) is 13.3 Å². The fourth-order valence-corrected chi connectivity index (χ4v) is 1.20. The predicted molar refractivity (Wildman–Crippen MR) is 44.2 cm³/mol. The molecule has 3 heteroatoms. The van der Waals surface area contributed by atoms with E-state index in [9.17, 15) is 4.79 Å². The first-order chi connectivity index (χ1) is 4.72. The molecule has 0 rings (SSSR count). The second-order valence-electron chi connectivity index (χ2n) is 2.21. The molecule has 0 bridgehead atoms. The third-order valence-corrected chi connectivity index (χ3v) is 2.00. The van der Waals surface area contributed by atoms with Gasteiger partial charge in [0.2, 0.25) is 0 Å². The Kier molecular flexibility index (Phi) is 5.49. The Labute approximate surface area is 66.3 Å². The molecule has 0 aromatic rings. The number of esters is 1. The quantitative estimate of drug-likeness (QED) is 0.587. The second kappa shape index (κ2) is 5.59. The van der Waals surface area contributed by atoms with E-state index in [0.29, 0.717) is 0 Å². The number of carbonyl (C=O) groups excluding carboxylic acids is 1. The fraction of sp³-hybridized carbons (Fsp3) is 0.857. The number of thioether (sulfide) groups is 1. The van der Waals surface area contributed by atoms with Gasteiger partial charge in [0.05, 0.1) is 13.0 Å². The van der Waals surface area contributed by atoms with Crippen LogP contribution in [0.25, 0.3) is 0 Å². The highest BCUT2D eigenvalue weighted by Crippen LogP contribution is 2.07.